The van der Waals surface area contributed by atoms with Crippen LogP contribution in [0.25, 0.3) is 0 Å². The highest BCUT2D eigenvalue weighted by molar-refractivity contribution is 5.91. The van der Waals surface area contributed by atoms with Crippen LogP contribution < -0.4 is 16.4 Å². The Balaban J connectivity index is 2.14. The molecule has 13 heteroatoms. The first-order valence-electron chi connectivity index (χ1n) is 14.6. The highest BCUT2D eigenvalue weighted by Crippen LogP contribution is 2.23. The van der Waals surface area contributed by atoms with Crippen LogP contribution >= 0.6 is 0 Å². The largest absolute Gasteiger partial charge is 0.445 e. The van der Waals surface area contributed by atoms with E-state index in [4.69, 9.17) is 19.9 Å². The molecule has 13 nitrogen and oxygen atoms in total. The summed E-state index contributed by atoms with van der Waals surface area (Å²) in [4.78, 5) is 66.4. The molecule has 2 rings (SSSR count). The van der Waals surface area contributed by atoms with E-state index in [2.05, 4.69) is 10.6 Å². The molecule has 4 N–H and O–H groups in total. The van der Waals surface area contributed by atoms with Gasteiger partial charge in [-0.25, -0.2) is 14.4 Å². The lowest BCUT2D eigenvalue weighted by Gasteiger charge is -2.34. The summed E-state index contributed by atoms with van der Waals surface area (Å²) in [7, 11) is 0. The van der Waals surface area contributed by atoms with Gasteiger partial charge < -0.3 is 35.5 Å². The maximum Gasteiger partial charge on any atom is 0.410 e. The Morgan fingerprint density at radius 2 is 1.53 bits per heavy atom. The predicted octanol–water partition coefficient (Wildman–Crippen LogP) is 3.30. The van der Waals surface area contributed by atoms with Gasteiger partial charge >= 0.3 is 18.3 Å². The SMILES string of the molecule is CC(C)(C)OC(=O)NCCC[C@@H](C(N)=O)N(CCNC(=O)OC(C)(C)C)C(=O)[C@@H]1CCCN1C(=O)OCc1ccccc1. The Hall–Kier alpha value is -4.03. The van der Waals surface area contributed by atoms with Crippen molar-refractivity contribution >= 4 is 30.1 Å². The molecule has 240 valence electrons. The van der Waals surface area contributed by atoms with E-state index < -0.39 is 53.4 Å². The number of nitrogens with two attached hydrogens (primary N) is 1. The van der Waals surface area contributed by atoms with E-state index in [1.165, 1.54) is 9.80 Å². The molecule has 0 unspecified atom stereocenters. The van der Waals surface area contributed by atoms with Gasteiger partial charge in [0.05, 0.1) is 0 Å². The van der Waals surface area contributed by atoms with Crippen LogP contribution in [-0.4, -0.2) is 89.4 Å². The molecule has 1 aromatic carbocycles. The van der Waals surface area contributed by atoms with Gasteiger partial charge in [-0.3, -0.25) is 14.5 Å². The van der Waals surface area contributed by atoms with E-state index in [1.807, 2.05) is 30.3 Å². The molecule has 2 atom stereocenters. The summed E-state index contributed by atoms with van der Waals surface area (Å²) in [5.74, 6) is -1.23. The molecule has 5 amide bonds. The maximum atomic E-state index is 13.9. The zero-order valence-electron chi connectivity index (χ0n) is 26.1. The van der Waals surface area contributed by atoms with Gasteiger partial charge in [-0.2, -0.15) is 0 Å². The van der Waals surface area contributed by atoms with Crippen molar-refractivity contribution in [3.8, 4) is 0 Å². The number of primary amides is 1. The summed E-state index contributed by atoms with van der Waals surface area (Å²) in [5.41, 5.74) is 5.18. The van der Waals surface area contributed by atoms with E-state index >= 15 is 0 Å². The summed E-state index contributed by atoms with van der Waals surface area (Å²) in [6.45, 7) is 10.9. The van der Waals surface area contributed by atoms with Crippen molar-refractivity contribution in [2.75, 3.05) is 26.2 Å². The van der Waals surface area contributed by atoms with Gasteiger partial charge in [-0.05, 0) is 72.8 Å². The second kappa shape index (κ2) is 16.0. The molecule has 0 aromatic heterocycles. The number of nitrogens with one attached hydrogen (secondary N) is 2. The summed E-state index contributed by atoms with van der Waals surface area (Å²) in [6, 6.07) is 7.25. The van der Waals surface area contributed by atoms with E-state index in [0.29, 0.717) is 25.8 Å². The van der Waals surface area contributed by atoms with Crippen molar-refractivity contribution in [2.24, 2.45) is 5.73 Å². The molecule has 1 aliphatic heterocycles. The number of alkyl carbamates (subject to hydrolysis) is 2. The summed E-state index contributed by atoms with van der Waals surface area (Å²) < 4.78 is 16.0. The monoisotopic (exact) mass is 605 g/mol. The van der Waals surface area contributed by atoms with E-state index in [0.717, 1.165) is 5.56 Å². The maximum absolute atomic E-state index is 13.9. The molecule has 0 aliphatic carbocycles. The number of ether oxygens (including phenoxy) is 3. The van der Waals surface area contributed by atoms with Gasteiger partial charge in [0, 0.05) is 26.2 Å². The van der Waals surface area contributed by atoms with E-state index in [1.54, 1.807) is 41.5 Å². The van der Waals surface area contributed by atoms with Crippen LogP contribution in [0.3, 0.4) is 0 Å². The van der Waals surface area contributed by atoms with Crippen LogP contribution in [0.1, 0.15) is 72.8 Å². The van der Waals surface area contributed by atoms with Gasteiger partial charge in [0.25, 0.3) is 0 Å². The second-order valence-electron chi connectivity index (χ2n) is 12.3. The molecule has 0 radical (unpaired) electrons. The Labute approximate surface area is 253 Å². The minimum absolute atomic E-state index is 0.0221. The second-order valence-corrected chi connectivity index (χ2v) is 12.3. The Morgan fingerprint density at radius 1 is 0.953 bits per heavy atom. The first-order valence-corrected chi connectivity index (χ1v) is 14.6. The number of nitrogens with zero attached hydrogens (tertiary/aromatic N) is 2. The average molecular weight is 606 g/mol. The predicted molar refractivity (Wildman–Crippen MR) is 159 cm³/mol. The minimum Gasteiger partial charge on any atom is -0.445 e. The van der Waals surface area contributed by atoms with Crippen LogP contribution in [0, 0.1) is 0 Å². The standard InChI is InChI=1S/C30H47N5O8/c1-29(2,3)42-26(38)32-16-10-14-22(24(31)36)34(19-17-33-27(39)43-30(4,5)6)25(37)23-15-11-18-35(23)28(40)41-20-21-12-8-7-9-13-21/h7-9,12-13,22-23H,10-11,14-20H2,1-6H3,(H2,31,36)(H,32,38)(H,33,39)/t22-,23-/m0/s1. The van der Waals surface area contributed by atoms with Crippen molar-refractivity contribution in [3.63, 3.8) is 0 Å². The third-order valence-corrected chi connectivity index (χ3v) is 6.31. The van der Waals surface area contributed by atoms with Crippen LogP contribution in [-0.2, 0) is 30.4 Å². The lowest BCUT2D eigenvalue weighted by atomic mass is 10.1. The Kier molecular flexibility index (Phi) is 13.1. The number of carbonyl (C=O) groups excluding carboxylic acids is 5. The number of amides is 5. The van der Waals surface area contributed by atoms with Gasteiger partial charge in [-0.15, -0.1) is 0 Å². The average Bonchev–Trinajstić information content (AvgIpc) is 3.38. The third kappa shape index (κ3) is 12.8. The first-order chi connectivity index (χ1) is 20.1. The van der Waals surface area contributed by atoms with Gasteiger partial charge in [0.2, 0.25) is 11.8 Å². The molecule has 1 heterocycles. The number of hydrogen-bond donors (Lipinski definition) is 3. The van der Waals surface area contributed by atoms with E-state index in [9.17, 15) is 24.0 Å². The summed E-state index contributed by atoms with van der Waals surface area (Å²) >= 11 is 0. The molecular formula is C30H47N5O8. The lowest BCUT2D eigenvalue weighted by molar-refractivity contribution is -0.143. The smallest absolute Gasteiger partial charge is 0.410 e. The molecule has 1 fully saturated rings. The van der Waals surface area contributed by atoms with Crippen molar-refractivity contribution in [1.29, 1.82) is 0 Å². The molecule has 1 aromatic rings. The van der Waals surface area contributed by atoms with Crippen LogP contribution in [0.15, 0.2) is 30.3 Å². The number of hydrogen-bond acceptors (Lipinski definition) is 8. The van der Waals surface area contributed by atoms with Crippen LogP contribution in [0.4, 0.5) is 14.4 Å². The molecule has 1 saturated heterocycles. The topological polar surface area (TPSA) is 170 Å². The summed E-state index contributed by atoms with van der Waals surface area (Å²) in [6.07, 6.45) is -0.526. The van der Waals surface area contributed by atoms with Gasteiger partial charge in [0.15, 0.2) is 0 Å². The lowest BCUT2D eigenvalue weighted by Crippen LogP contribution is -2.56. The number of rotatable bonds is 12. The Bertz CT molecular complexity index is 1100. The van der Waals surface area contributed by atoms with Crippen LogP contribution in [0.2, 0.25) is 0 Å². The molecule has 1 aliphatic rings. The first kappa shape index (κ1) is 35.2. The third-order valence-electron chi connectivity index (χ3n) is 6.31. The highest BCUT2D eigenvalue weighted by Gasteiger charge is 2.40. The molecular weight excluding hydrogens is 558 g/mol. The molecule has 0 bridgehead atoms. The molecule has 0 spiro atoms. The number of likely N-dealkylation sites (tertiary alicyclic amines) is 1. The number of benzene rings is 1. The normalized spacial score (nSPS) is 15.7. The van der Waals surface area contributed by atoms with Crippen molar-refractivity contribution in [2.45, 2.75) is 97.1 Å². The van der Waals surface area contributed by atoms with E-state index in [-0.39, 0.29) is 32.7 Å². The summed E-state index contributed by atoms with van der Waals surface area (Å²) in [5, 5.41) is 5.23. The van der Waals surface area contributed by atoms with Gasteiger partial charge in [-0.1, -0.05) is 30.3 Å². The van der Waals surface area contributed by atoms with Gasteiger partial charge in [0.1, 0.15) is 29.9 Å². The minimum atomic E-state index is -1.06. The quantitative estimate of drug-likeness (QED) is 0.241. The fraction of sp³-hybridized carbons (Fsp3) is 0.633. The van der Waals surface area contributed by atoms with Crippen molar-refractivity contribution in [1.82, 2.24) is 20.4 Å². The molecule has 43 heavy (non-hydrogen) atoms. The fourth-order valence-corrected chi connectivity index (χ4v) is 4.50. The van der Waals surface area contributed by atoms with Crippen molar-refractivity contribution < 1.29 is 38.2 Å². The highest BCUT2D eigenvalue weighted by atomic mass is 16.6. The Morgan fingerprint density at radius 3 is 2.09 bits per heavy atom. The number of carbonyl (C=O) groups is 5. The van der Waals surface area contributed by atoms with Crippen LogP contribution in [0.5, 0.6) is 0 Å². The van der Waals surface area contributed by atoms with Crippen molar-refractivity contribution in [3.05, 3.63) is 35.9 Å². The fourth-order valence-electron chi connectivity index (χ4n) is 4.50. The zero-order chi connectivity index (χ0) is 32.2. The molecule has 0 saturated carbocycles. The zero-order valence-corrected chi connectivity index (χ0v) is 26.1.